The maximum Gasteiger partial charge on any atom is 0.0183 e. The van der Waals surface area contributed by atoms with Gasteiger partial charge in [0.05, 0.1) is 0 Å². The van der Waals surface area contributed by atoms with Crippen molar-refractivity contribution in [2.75, 3.05) is 0 Å². The van der Waals surface area contributed by atoms with Gasteiger partial charge in [0.25, 0.3) is 0 Å². The molecule has 0 bridgehead atoms. The smallest absolute Gasteiger partial charge is 0.0183 e. The lowest BCUT2D eigenvalue weighted by atomic mass is 9.71. The fourth-order valence-corrected chi connectivity index (χ4v) is 3.33. The number of rotatable bonds is 3. The first-order valence-corrected chi connectivity index (χ1v) is 6.95. The highest BCUT2D eigenvalue weighted by atomic mass is 32.1. The van der Waals surface area contributed by atoms with Crippen LogP contribution in [0, 0.1) is 5.92 Å². The second-order valence-corrected chi connectivity index (χ2v) is 5.79. The Morgan fingerprint density at radius 2 is 2.40 bits per heavy atom. The number of hydrogen-bond donors (Lipinski definition) is 1. The van der Waals surface area contributed by atoms with Crippen molar-refractivity contribution in [3.8, 4) is 0 Å². The van der Waals surface area contributed by atoms with E-state index >= 15 is 0 Å². The molecule has 1 fully saturated rings. The lowest BCUT2D eigenvalue weighted by Gasteiger charge is -2.39. The van der Waals surface area contributed by atoms with Crippen LogP contribution in [0.3, 0.4) is 0 Å². The van der Waals surface area contributed by atoms with Crippen LogP contribution in [0.25, 0.3) is 0 Å². The van der Waals surface area contributed by atoms with E-state index in [2.05, 4.69) is 23.8 Å². The van der Waals surface area contributed by atoms with E-state index in [-0.39, 0.29) is 5.54 Å². The molecular weight excluding hydrogens is 202 g/mol. The highest BCUT2D eigenvalue weighted by Gasteiger charge is 2.33. The Bertz CT molecular complexity index is 293. The Balaban J connectivity index is 1.91. The number of aryl methyl sites for hydroxylation is 1. The van der Waals surface area contributed by atoms with Crippen LogP contribution in [-0.2, 0) is 6.42 Å². The van der Waals surface area contributed by atoms with Crippen LogP contribution >= 0.6 is 11.3 Å². The summed E-state index contributed by atoms with van der Waals surface area (Å²) in [6.07, 6.45) is 7.55. The first-order valence-electron chi connectivity index (χ1n) is 6.01. The normalized spacial score (nSPS) is 31.7. The molecule has 0 amide bonds. The molecule has 2 atom stereocenters. The summed E-state index contributed by atoms with van der Waals surface area (Å²) in [5, 5.41) is 4.40. The third-order valence-corrected chi connectivity index (χ3v) is 4.70. The zero-order chi connectivity index (χ0) is 10.7. The highest BCUT2D eigenvalue weighted by molar-refractivity contribution is 7.07. The second-order valence-electron chi connectivity index (χ2n) is 5.01. The monoisotopic (exact) mass is 223 g/mol. The summed E-state index contributed by atoms with van der Waals surface area (Å²) >= 11 is 1.79. The SMILES string of the molecule is CC1CCCCC1(N)CCc1ccsc1. The Morgan fingerprint density at radius 1 is 1.53 bits per heavy atom. The molecule has 0 spiro atoms. The molecule has 0 radical (unpaired) electrons. The maximum absolute atomic E-state index is 6.52. The lowest BCUT2D eigenvalue weighted by molar-refractivity contribution is 0.192. The molecule has 15 heavy (non-hydrogen) atoms. The molecular formula is C13H21NS. The van der Waals surface area contributed by atoms with E-state index in [1.54, 1.807) is 11.3 Å². The van der Waals surface area contributed by atoms with Gasteiger partial charge in [0.15, 0.2) is 0 Å². The summed E-state index contributed by atoms with van der Waals surface area (Å²) < 4.78 is 0. The van der Waals surface area contributed by atoms with Crippen LogP contribution in [0.2, 0.25) is 0 Å². The Labute approximate surface area is 96.7 Å². The van der Waals surface area contributed by atoms with Gasteiger partial charge >= 0.3 is 0 Å². The van der Waals surface area contributed by atoms with Crippen molar-refractivity contribution in [3.05, 3.63) is 22.4 Å². The van der Waals surface area contributed by atoms with Gasteiger partial charge in [0, 0.05) is 5.54 Å². The van der Waals surface area contributed by atoms with Crippen LogP contribution in [0.5, 0.6) is 0 Å². The topological polar surface area (TPSA) is 26.0 Å². The quantitative estimate of drug-likeness (QED) is 0.832. The van der Waals surface area contributed by atoms with E-state index in [1.165, 1.54) is 31.2 Å². The van der Waals surface area contributed by atoms with E-state index in [0.717, 1.165) is 12.8 Å². The molecule has 84 valence electrons. The van der Waals surface area contributed by atoms with E-state index in [1.807, 2.05) is 0 Å². The molecule has 1 saturated carbocycles. The zero-order valence-electron chi connectivity index (χ0n) is 9.54. The highest BCUT2D eigenvalue weighted by Crippen LogP contribution is 2.34. The lowest BCUT2D eigenvalue weighted by Crippen LogP contribution is -2.48. The van der Waals surface area contributed by atoms with Crippen LogP contribution < -0.4 is 5.73 Å². The first kappa shape index (κ1) is 11.2. The molecule has 1 heterocycles. The van der Waals surface area contributed by atoms with Crippen LogP contribution in [0.4, 0.5) is 0 Å². The molecule has 0 aliphatic heterocycles. The molecule has 1 aromatic rings. The molecule has 1 aromatic heterocycles. The molecule has 2 unspecified atom stereocenters. The first-order chi connectivity index (χ1) is 7.21. The number of hydrogen-bond acceptors (Lipinski definition) is 2. The van der Waals surface area contributed by atoms with Gasteiger partial charge < -0.3 is 5.73 Å². The van der Waals surface area contributed by atoms with E-state index in [4.69, 9.17) is 5.73 Å². The summed E-state index contributed by atoms with van der Waals surface area (Å²) in [7, 11) is 0. The van der Waals surface area contributed by atoms with Crippen LogP contribution in [0.1, 0.15) is 44.6 Å². The predicted octanol–water partition coefficient (Wildman–Crippen LogP) is 3.59. The molecule has 1 aliphatic rings. The Hall–Kier alpha value is -0.340. The number of thiophene rings is 1. The molecule has 0 saturated heterocycles. The van der Waals surface area contributed by atoms with Crippen molar-refractivity contribution in [3.63, 3.8) is 0 Å². The molecule has 2 heteroatoms. The second kappa shape index (κ2) is 4.67. The van der Waals surface area contributed by atoms with Crippen molar-refractivity contribution in [2.24, 2.45) is 11.7 Å². The summed E-state index contributed by atoms with van der Waals surface area (Å²) in [5.74, 6) is 0.699. The van der Waals surface area contributed by atoms with E-state index in [0.29, 0.717) is 5.92 Å². The van der Waals surface area contributed by atoms with Crippen molar-refractivity contribution < 1.29 is 0 Å². The van der Waals surface area contributed by atoms with Gasteiger partial charge in [-0.05, 0) is 54.0 Å². The number of nitrogens with two attached hydrogens (primary N) is 1. The maximum atomic E-state index is 6.52. The summed E-state index contributed by atoms with van der Waals surface area (Å²) in [5.41, 5.74) is 8.09. The van der Waals surface area contributed by atoms with E-state index < -0.39 is 0 Å². The minimum absolute atomic E-state index is 0.111. The van der Waals surface area contributed by atoms with Crippen LogP contribution in [0.15, 0.2) is 16.8 Å². The largest absolute Gasteiger partial charge is 0.325 e. The molecule has 2 rings (SSSR count). The van der Waals surface area contributed by atoms with Crippen molar-refractivity contribution in [2.45, 2.75) is 51.0 Å². The fourth-order valence-electron chi connectivity index (χ4n) is 2.62. The van der Waals surface area contributed by atoms with Gasteiger partial charge in [-0.2, -0.15) is 11.3 Å². The van der Waals surface area contributed by atoms with Gasteiger partial charge in [0.2, 0.25) is 0 Å². The Kier molecular flexibility index (Phi) is 3.47. The average Bonchev–Trinajstić information content (AvgIpc) is 2.73. The van der Waals surface area contributed by atoms with Crippen molar-refractivity contribution in [1.82, 2.24) is 0 Å². The third-order valence-electron chi connectivity index (χ3n) is 3.97. The zero-order valence-corrected chi connectivity index (χ0v) is 10.4. The fraction of sp³-hybridized carbons (Fsp3) is 0.692. The van der Waals surface area contributed by atoms with Crippen molar-refractivity contribution in [1.29, 1.82) is 0 Å². The third kappa shape index (κ3) is 2.61. The standard InChI is InChI=1S/C13H21NS/c1-11-4-2-3-7-13(11,14)8-5-12-6-9-15-10-12/h6,9-11H,2-5,7-8,14H2,1H3. The predicted molar refractivity (Wildman–Crippen MR) is 67.2 cm³/mol. The molecule has 1 aliphatic carbocycles. The summed E-state index contributed by atoms with van der Waals surface area (Å²) in [6.45, 7) is 2.33. The van der Waals surface area contributed by atoms with Gasteiger partial charge in [-0.25, -0.2) is 0 Å². The van der Waals surface area contributed by atoms with Gasteiger partial charge in [-0.1, -0.05) is 19.8 Å². The summed E-state index contributed by atoms with van der Waals surface area (Å²) in [4.78, 5) is 0. The average molecular weight is 223 g/mol. The van der Waals surface area contributed by atoms with E-state index in [9.17, 15) is 0 Å². The van der Waals surface area contributed by atoms with Crippen molar-refractivity contribution >= 4 is 11.3 Å². The molecule has 2 N–H and O–H groups in total. The Morgan fingerprint density at radius 3 is 3.07 bits per heavy atom. The van der Waals surface area contributed by atoms with Gasteiger partial charge in [-0.3, -0.25) is 0 Å². The van der Waals surface area contributed by atoms with Crippen LogP contribution in [-0.4, -0.2) is 5.54 Å². The van der Waals surface area contributed by atoms with Gasteiger partial charge in [-0.15, -0.1) is 0 Å². The van der Waals surface area contributed by atoms with Gasteiger partial charge in [0.1, 0.15) is 0 Å². The summed E-state index contributed by atoms with van der Waals surface area (Å²) in [6, 6.07) is 2.22. The molecule has 0 aromatic carbocycles. The minimum atomic E-state index is 0.111. The minimum Gasteiger partial charge on any atom is -0.325 e. The molecule has 1 nitrogen and oxygen atoms in total.